The van der Waals surface area contributed by atoms with Crippen LogP contribution in [0.1, 0.15) is 52.4 Å². The van der Waals surface area contributed by atoms with E-state index in [0.717, 1.165) is 19.3 Å². The molecule has 0 aromatic heterocycles. The Morgan fingerprint density at radius 1 is 1.38 bits per heavy atom. The molecule has 0 radical (unpaired) electrons. The van der Waals surface area contributed by atoms with Crippen LogP contribution in [0.2, 0.25) is 0 Å². The summed E-state index contributed by atoms with van der Waals surface area (Å²) in [6.45, 7) is 4.00. The standard InChI is InChI=1S/C11H20O2/c1-3-9(2)13-11(12)10-7-5-4-6-8-10/h9-10H,3-8H2,1-2H3/t9-/m1/s1. The lowest BCUT2D eigenvalue weighted by Gasteiger charge is -2.21. The minimum atomic E-state index is 0.0362. The quantitative estimate of drug-likeness (QED) is 0.630. The van der Waals surface area contributed by atoms with Crippen molar-refractivity contribution in [2.45, 2.75) is 58.5 Å². The summed E-state index contributed by atoms with van der Waals surface area (Å²) in [5.41, 5.74) is 0. The van der Waals surface area contributed by atoms with E-state index in [0.29, 0.717) is 0 Å². The average Bonchev–Trinajstić information content (AvgIpc) is 2.19. The molecule has 2 nitrogen and oxygen atoms in total. The molecule has 76 valence electrons. The minimum absolute atomic E-state index is 0.0362. The fourth-order valence-electron chi connectivity index (χ4n) is 1.72. The van der Waals surface area contributed by atoms with Crippen molar-refractivity contribution >= 4 is 5.97 Å². The largest absolute Gasteiger partial charge is 0.462 e. The highest BCUT2D eigenvalue weighted by Gasteiger charge is 2.23. The second-order valence-electron chi connectivity index (χ2n) is 3.99. The first-order chi connectivity index (χ1) is 6.24. The zero-order chi connectivity index (χ0) is 9.68. The third-order valence-corrected chi connectivity index (χ3v) is 2.83. The number of ether oxygens (including phenoxy) is 1. The molecule has 1 aliphatic carbocycles. The predicted molar refractivity (Wildman–Crippen MR) is 52.4 cm³/mol. The molecule has 0 saturated heterocycles. The lowest BCUT2D eigenvalue weighted by molar-refractivity contribution is -0.154. The van der Waals surface area contributed by atoms with Gasteiger partial charge in [-0.15, -0.1) is 0 Å². The van der Waals surface area contributed by atoms with Crippen LogP contribution in [0.25, 0.3) is 0 Å². The highest BCUT2D eigenvalue weighted by Crippen LogP contribution is 2.25. The van der Waals surface area contributed by atoms with E-state index in [2.05, 4.69) is 0 Å². The van der Waals surface area contributed by atoms with Crippen LogP contribution >= 0.6 is 0 Å². The van der Waals surface area contributed by atoms with Gasteiger partial charge in [0.05, 0.1) is 12.0 Å². The monoisotopic (exact) mass is 184 g/mol. The highest BCUT2D eigenvalue weighted by molar-refractivity contribution is 5.72. The molecule has 1 saturated carbocycles. The van der Waals surface area contributed by atoms with E-state index in [-0.39, 0.29) is 18.0 Å². The van der Waals surface area contributed by atoms with Crippen LogP contribution in [0.3, 0.4) is 0 Å². The van der Waals surface area contributed by atoms with E-state index >= 15 is 0 Å². The Morgan fingerprint density at radius 2 is 2.00 bits per heavy atom. The molecule has 1 atom stereocenters. The van der Waals surface area contributed by atoms with Crippen LogP contribution < -0.4 is 0 Å². The van der Waals surface area contributed by atoms with Gasteiger partial charge in [0.2, 0.25) is 0 Å². The molecule has 2 heteroatoms. The molecule has 0 aromatic rings. The van der Waals surface area contributed by atoms with Crippen molar-refractivity contribution in [1.82, 2.24) is 0 Å². The van der Waals surface area contributed by atoms with Gasteiger partial charge >= 0.3 is 5.97 Å². The van der Waals surface area contributed by atoms with Gasteiger partial charge < -0.3 is 4.74 Å². The molecule has 1 rings (SSSR count). The van der Waals surface area contributed by atoms with Crippen molar-refractivity contribution in [2.75, 3.05) is 0 Å². The van der Waals surface area contributed by atoms with E-state index in [4.69, 9.17) is 4.74 Å². The van der Waals surface area contributed by atoms with Crippen LogP contribution in [0.15, 0.2) is 0 Å². The third kappa shape index (κ3) is 3.37. The summed E-state index contributed by atoms with van der Waals surface area (Å²) in [6.07, 6.45) is 6.76. The summed E-state index contributed by atoms with van der Waals surface area (Å²) in [5.74, 6) is 0.233. The van der Waals surface area contributed by atoms with E-state index in [1.165, 1.54) is 19.3 Å². The predicted octanol–water partition coefficient (Wildman–Crippen LogP) is 2.91. The van der Waals surface area contributed by atoms with Crippen LogP contribution in [0, 0.1) is 5.92 Å². The first-order valence-corrected chi connectivity index (χ1v) is 5.44. The smallest absolute Gasteiger partial charge is 0.309 e. The van der Waals surface area contributed by atoms with Gasteiger partial charge in [0.25, 0.3) is 0 Å². The molecular formula is C11H20O2. The average molecular weight is 184 g/mol. The number of esters is 1. The van der Waals surface area contributed by atoms with E-state index in [9.17, 15) is 4.79 Å². The Morgan fingerprint density at radius 3 is 2.54 bits per heavy atom. The van der Waals surface area contributed by atoms with Gasteiger partial charge in [-0.25, -0.2) is 0 Å². The normalized spacial score (nSPS) is 21.1. The summed E-state index contributed by atoms with van der Waals surface area (Å²) in [7, 11) is 0. The molecule has 0 bridgehead atoms. The molecule has 0 heterocycles. The lowest BCUT2D eigenvalue weighted by atomic mass is 9.89. The van der Waals surface area contributed by atoms with Crippen molar-refractivity contribution in [3.8, 4) is 0 Å². The molecule has 0 unspecified atom stereocenters. The fraction of sp³-hybridized carbons (Fsp3) is 0.909. The Kier molecular flexibility index (Phi) is 4.26. The van der Waals surface area contributed by atoms with Gasteiger partial charge in [-0.3, -0.25) is 4.79 Å². The van der Waals surface area contributed by atoms with Crippen molar-refractivity contribution in [1.29, 1.82) is 0 Å². The molecule has 13 heavy (non-hydrogen) atoms. The number of hydrogen-bond acceptors (Lipinski definition) is 2. The summed E-state index contributed by atoms with van der Waals surface area (Å²) >= 11 is 0. The maximum atomic E-state index is 11.5. The van der Waals surface area contributed by atoms with Gasteiger partial charge in [-0.05, 0) is 26.2 Å². The Bertz CT molecular complexity index is 159. The third-order valence-electron chi connectivity index (χ3n) is 2.83. The maximum Gasteiger partial charge on any atom is 0.309 e. The second kappa shape index (κ2) is 5.25. The van der Waals surface area contributed by atoms with Crippen molar-refractivity contribution in [2.24, 2.45) is 5.92 Å². The first-order valence-electron chi connectivity index (χ1n) is 5.44. The van der Waals surface area contributed by atoms with E-state index < -0.39 is 0 Å². The van der Waals surface area contributed by atoms with Crippen molar-refractivity contribution in [3.05, 3.63) is 0 Å². The summed E-state index contributed by atoms with van der Waals surface area (Å²) in [6, 6.07) is 0. The van der Waals surface area contributed by atoms with Gasteiger partial charge in [-0.1, -0.05) is 26.2 Å². The lowest BCUT2D eigenvalue weighted by Crippen LogP contribution is -2.24. The summed E-state index contributed by atoms with van der Waals surface area (Å²) in [5, 5.41) is 0. The molecule has 1 fully saturated rings. The second-order valence-corrected chi connectivity index (χ2v) is 3.99. The molecule has 0 N–H and O–H groups in total. The van der Waals surface area contributed by atoms with Gasteiger partial charge in [0, 0.05) is 0 Å². The van der Waals surface area contributed by atoms with E-state index in [1.807, 2.05) is 13.8 Å². The van der Waals surface area contributed by atoms with Crippen LogP contribution in [0.5, 0.6) is 0 Å². The summed E-state index contributed by atoms with van der Waals surface area (Å²) < 4.78 is 5.30. The molecule has 0 aliphatic heterocycles. The zero-order valence-electron chi connectivity index (χ0n) is 8.71. The number of rotatable bonds is 3. The topological polar surface area (TPSA) is 26.3 Å². The number of hydrogen-bond donors (Lipinski definition) is 0. The van der Waals surface area contributed by atoms with Crippen molar-refractivity contribution in [3.63, 3.8) is 0 Å². The van der Waals surface area contributed by atoms with Crippen molar-refractivity contribution < 1.29 is 9.53 Å². The molecule has 0 amide bonds. The van der Waals surface area contributed by atoms with Gasteiger partial charge in [0.15, 0.2) is 0 Å². The minimum Gasteiger partial charge on any atom is -0.462 e. The Balaban J connectivity index is 2.29. The van der Waals surface area contributed by atoms with Gasteiger partial charge in [-0.2, -0.15) is 0 Å². The molecule has 1 aliphatic rings. The fourth-order valence-corrected chi connectivity index (χ4v) is 1.72. The number of carbonyl (C=O) groups is 1. The van der Waals surface area contributed by atoms with Crippen LogP contribution in [-0.4, -0.2) is 12.1 Å². The molecular weight excluding hydrogens is 164 g/mol. The highest BCUT2D eigenvalue weighted by atomic mass is 16.5. The van der Waals surface area contributed by atoms with Crippen LogP contribution in [-0.2, 0) is 9.53 Å². The SMILES string of the molecule is CC[C@@H](C)OC(=O)C1CCCCC1. The summed E-state index contributed by atoms with van der Waals surface area (Å²) in [4.78, 5) is 11.5. The zero-order valence-corrected chi connectivity index (χ0v) is 8.71. The van der Waals surface area contributed by atoms with Crippen LogP contribution in [0.4, 0.5) is 0 Å². The molecule has 0 spiro atoms. The number of carbonyl (C=O) groups excluding carboxylic acids is 1. The van der Waals surface area contributed by atoms with Gasteiger partial charge in [0.1, 0.15) is 0 Å². The first kappa shape index (κ1) is 10.6. The maximum absolute atomic E-state index is 11.5. The van der Waals surface area contributed by atoms with E-state index in [1.54, 1.807) is 0 Å². The Hall–Kier alpha value is -0.530. The Labute approximate surface area is 80.7 Å². The molecule has 0 aromatic carbocycles.